The van der Waals surface area contributed by atoms with Crippen LogP contribution in [-0.2, 0) is 15.6 Å². The number of hydroxylamine groups is 2. The minimum atomic E-state index is -3.94. The van der Waals surface area contributed by atoms with E-state index in [2.05, 4.69) is 0 Å². The molecule has 0 radical (unpaired) electrons. The molecule has 0 heterocycles. The number of nitrogens with zero attached hydrogens (tertiary/aromatic N) is 1. The van der Waals surface area contributed by atoms with Crippen molar-refractivity contribution in [3.63, 3.8) is 0 Å². The molecule has 2 aromatic carbocycles. The minimum absolute atomic E-state index is 0.0636. The molecular weight excluding hydrogens is 380 g/mol. The Hall–Kier alpha value is -2.29. The number of para-hydroxylation sites is 2. The summed E-state index contributed by atoms with van der Waals surface area (Å²) in [5, 5.41) is 7.12. The molecule has 0 aliphatic heterocycles. The number of hydrogen-bond donors (Lipinski definition) is 1. The fourth-order valence-electron chi connectivity index (χ4n) is 2.92. The second-order valence-corrected chi connectivity index (χ2v) is 8.17. The molecule has 0 bridgehead atoms. The van der Waals surface area contributed by atoms with Gasteiger partial charge in [-0.25, -0.2) is 13.6 Å². The Kier molecular flexibility index (Phi) is 6.92. The standard InChI is InChI=1S/C20H28N2O5S/c1-6-22(27-17-11-9-8-10-16(17)26-7-2)20(3,4)15-12-13-18(25-5)19(14-15)28(21,23)24/h8-14H,6-7H2,1-5H3,(H2,21,23,24). The molecule has 0 aromatic heterocycles. The van der Waals surface area contributed by atoms with E-state index in [4.69, 9.17) is 19.5 Å². The second-order valence-electron chi connectivity index (χ2n) is 6.64. The predicted molar refractivity (Wildman–Crippen MR) is 108 cm³/mol. The summed E-state index contributed by atoms with van der Waals surface area (Å²) in [6.07, 6.45) is 0. The summed E-state index contributed by atoms with van der Waals surface area (Å²) in [6.45, 7) is 8.80. The van der Waals surface area contributed by atoms with Gasteiger partial charge in [0.1, 0.15) is 10.6 Å². The van der Waals surface area contributed by atoms with E-state index in [0.717, 1.165) is 0 Å². The van der Waals surface area contributed by atoms with E-state index in [-0.39, 0.29) is 10.6 Å². The molecule has 0 aliphatic carbocycles. The molecule has 0 atom stereocenters. The van der Waals surface area contributed by atoms with Gasteiger partial charge in [-0.3, -0.25) is 0 Å². The van der Waals surface area contributed by atoms with Gasteiger partial charge in [-0.1, -0.05) is 18.2 Å². The summed E-state index contributed by atoms with van der Waals surface area (Å²) in [4.78, 5) is 6.08. The van der Waals surface area contributed by atoms with Gasteiger partial charge >= 0.3 is 0 Å². The van der Waals surface area contributed by atoms with Crippen molar-refractivity contribution in [1.29, 1.82) is 0 Å². The van der Waals surface area contributed by atoms with E-state index in [1.807, 2.05) is 52.0 Å². The average Bonchev–Trinajstić information content (AvgIpc) is 2.66. The summed E-state index contributed by atoms with van der Waals surface area (Å²) in [7, 11) is -2.53. The highest BCUT2D eigenvalue weighted by atomic mass is 32.2. The Morgan fingerprint density at radius 2 is 1.68 bits per heavy atom. The van der Waals surface area contributed by atoms with Crippen LogP contribution in [0.1, 0.15) is 33.3 Å². The van der Waals surface area contributed by atoms with Crippen molar-refractivity contribution in [2.75, 3.05) is 20.3 Å². The van der Waals surface area contributed by atoms with Crippen LogP contribution >= 0.6 is 0 Å². The van der Waals surface area contributed by atoms with Crippen LogP contribution in [0.2, 0.25) is 0 Å². The lowest BCUT2D eigenvalue weighted by Gasteiger charge is -2.37. The smallest absolute Gasteiger partial charge is 0.241 e. The molecule has 0 spiro atoms. The molecular formula is C20H28N2O5S. The number of nitrogens with two attached hydrogens (primary N) is 1. The second kappa shape index (κ2) is 8.81. The van der Waals surface area contributed by atoms with Gasteiger partial charge in [-0.15, -0.1) is 5.06 Å². The summed E-state index contributed by atoms with van der Waals surface area (Å²) >= 11 is 0. The number of methoxy groups -OCH3 is 1. The molecule has 154 valence electrons. The Labute approximate surface area is 167 Å². The first-order valence-corrected chi connectivity index (χ1v) is 10.6. The van der Waals surface area contributed by atoms with E-state index in [1.54, 1.807) is 17.2 Å². The molecule has 0 amide bonds. The maximum atomic E-state index is 12.0. The summed E-state index contributed by atoms with van der Waals surface area (Å²) in [6, 6.07) is 12.3. The average molecular weight is 409 g/mol. The number of sulfonamides is 1. The van der Waals surface area contributed by atoms with E-state index in [9.17, 15) is 8.42 Å². The van der Waals surface area contributed by atoms with Crippen molar-refractivity contribution in [2.24, 2.45) is 5.14 Å². The van der Waals surface area contributed by atoms with Gasteiger partial charge in [0.2, 0.25) is 10.0 Å². The van der Waals surface area contributed by atoms with Gasteiger partial charge in [0.15, 0.2) is 11.5 Å². The van der Waals surface area contributed by atoms with Gasteiger partial charge in [0.25, 0.3) is 0 Å². The minimum Gasteiger partial charge on any atom is -0.495 e. The van der Waals surface area contributed by atoms with Crippen LogP contribution in [0.3, 0.4) is 0 Å². The maximum absolute atomic E-state index is 12.0. The van der Waals surface area contributed by atoms with Gasteiger partial charge < -0.3 is 14.3 Å². The van der Waals surface area contributed by atoms with Crippen LogP contribution in [0.4, 0.5) is 0 Å². The van der Waals surface area contributed by atoms with Crippen molar-refractivity contribution in [3.8, 4) is 17.2 Å². The molecule has 2 N–H and O–H groups in total. The summed E-state index contributed by atoms with van der Waals surface area (Å²) in [5.74, 6) is 1.42. The third kappa shape index (κ3) is 4.76. The summed E-state index contributed by atoms with van der Waals surface area (Å²) < 4.78 is 34.7. The largest absolute Gasteiger partial charge is 0.495 e. The third-order valence-corrected chi connectivity index (χ3v) is 5.38. The molecule has 2 aromatic rings. The third-order valence-electron chi connectivity index (χ3n) is 4.44. The number of rotatable bonds is 9. The first kappa shape index (κ1) is 22.0. The van der Waals surface area contributed by atoms with E-state index >= 15 is 0 Å². The fraction of sp³-hybridized carbons (Fsp3) is 0.400. The lowest BCUT2D eigenvalue weighted by Crippen LogP contribution is -2.44. The zero-order valence-corrected chi connectivity index (χ0v) is 17.7. The molecule has 0 saturated heterocycles. The fourth-order valence-corrected chi connectivity index (χ4v) is 3.64. The first-order chi connectivity index (χ1) is 13.1. The quantitative estimate of drug-likeness (QED) is 0.640. The van der Waals surface area contributed by atoms with Crippen molar-refractivity contribution in [1.82, 2.24) is 5.06 Å². The van der Waals surface area contributed by atoms with Crippen LogP contribution in [0, 0.1) is 0 Å². The Bertz CT molecular complexity index is 913. The van der Waals surface area contributed by atoms with Gasteiger partial charge in [-0.05, 0) is 57.5 Å². The van der Waals surface area contributed by atoms with Crippen LogP contribution in [-0.4, -0.2) is 33.7 Å². The van der Waals surface area contributed by atoms with Crippen molar-refractivity contribution >= 4 is 10.0 Å². The van der Waals surface area contributed by atoms with Gasteiger partial charge in [-0.2, -0.15) is 0 Å². The maximum Gasteiger partial charge on any atom is 0.241 e. The molecule has 8 heteroatoms. The molecule has 0 aliphatic rings. The van der Waals surface area contributed by atoms with E-state index in [0.29, 0.717) is 30.2 Å². The van der Waals surface area contributed by atoms with E-state index < -0.39 is 15.6 Å². The van der Waals surface area contributed by atoms with E-state index in [1.165, 1.54) is 13.2 Å². The lowest BCUT2D eigenvalue weighted by molar-refractivity contribution is -0.134. The Morgan fingerprint density at radius 1 is 1.04 bits per heavy atom. The number of hydrogen-bond acceptors (Lipinski definition) is 6. The zero-order chi connectivity index (χ0) is 20.9. The van der Waals surface area contributed by atoms with Crippen LogP contribution in [0.25, 0.3) is 0 Å². The van der Waals surface area contributed by atoms with Gasteiger partial charge in [0, 0.05) is 6.54 Å². The van der Waals surface area contributed by atoms with Crippen LogP contribution < -0.4 is 19.5 Å². The van der Waals surface area contributed by atoms with Crippen molar-refractivity contribution < 1.29 is 22.7 Å². The highest BCUT2D eigenvalue weighted by Crippen LogP contribution is 2.35. The first-order valence-electron chi connectivity index (χ1n) is 9.03. The number of benzene rings is 2. The summed E-state index contributed by atoms with van der Waals surface area (Å²) in [5.41, 5.74) is 0.0489. The van der Waals surface area contributed by atoms with Crippen LogP contribution in [0.5, 0.6) is 17.2 Å². The van der Waals surface area contributed by atoms with Crippen LogP contribution in [0.15, 0.2) is 47.4 Å². The topological polar surface area (TPSA) is 91.1 Å². The monoisotopic (exact) mass is 408 g/mol. The van der Waals surface area contributed by atoms with Gasteiger partial charge in [0.05, 0.1) is 19.3 Å². The zero-order valence-electron chi connectivity index (χ0n) is 16.9. The van der Waals surface area contributed by atoms with Crippen molar-refractivity contribution in [3.05, 3.63) is 48.0 Å². The SMILES string of the molecule is CCOc1ccccc1ON(CC)C(C)(C)c1ccc(OC)c(S(N)(=O)=O)c1. The lowest BCUT2D eigenvalue weighted by atomic mass is 9.93. The molecule has 28 heavy (non-hydrogen) atoms. The highest BCUT2D eigenvalue weighted by molar-refractivity contribution is 7.89. The Morgan fingerprint density at radius 3 is 2.21 bits per heavy atom. The molecule has 7 nitrogen and oxygen atoms in total. The van der Waals surface area contributed by atoms with Crippen molar-refractivity contribution in [2.45, 2.75) is 38.1 Å². The predicted octanol–water partition coefficient (Wildman–Crippen LogP) is 3.29. The number of ether oxygens (including phenoxy) is 2. The molecule has 2 rings (SSSR count). The highest BCUT2D eigenvalue weighted by Gasteiger charge is 2.32. The molecule has 0 fully saturated rings. The number of primary sulfonamides is 1. The molecule has 0 unspecified atom stereocenters. The Balaban J connectivity index is 2.44. The normalized spacial score (nSPS) is 12.1. The molecule has 0 saturated carbocycles.